The van der Waals surface area contributed by atoms with Crippen LogP contribution >= 0.6 is 0 Å². The van der Waals surface area contributed by atoms with E-state index >= 15 is 0 Å². The second-order valence-corrected chi connectivity index (χ2v) is 16.1. The molecule has 1 nitrogen and oxygen atoms in total. The maximum absolute atomic E-state index is 2.52. The van der Waals surface area contributed by atoms with Gasteiger partial charge in [0.2, 0.25) is 0 Å². The molecule has 0 spiro atoms. The second-order valence-electron chi connectivity index (χ2n) is 16.1. The van der Waals surface area contributed by atoms with Crippen molar-refractivity contribution in [3.8, 4) is 33.4 Å². The van der Waals surface area contributed by atoms with Crippen LogP contribution in [0.3, 0.4) is 0 Å². The van der Waals surface area contributed by atoms with Crippen molar-refractivity contribution in [2.75, 3.05) is 4.90 Å². The van der Waals surface area contributed by atoms with Crippen LogP contribution < -0.4 is 4.90 Å². The molecule has 0 radical (unpaired) electrons. The van der Waals surface area contributed by atoms with Crippen LogP contribution in [0.2, 0.25) is 0 Å². The van der Waals surface area contributed by atoms with Crippen LogP contribution in [-0.2, 0) is 10.8 Å². The van der Waals surface area contributed by atoms with Crippen molar-refractivity contribution in [3.05, 3.63) is 246 Å². The van der Waals surface area contributed by atoms with Gasteiger partial charge in [-0.25, -0.2) is 0 Å². The molecule has 11 rings (SSSR count). The Balaban J connectivity index is 1.13. The standard InChI is InChI=1S/C56H41N/c1-55(2)50-34-30-42(56(41-20-7-4-8-21-41)52-25-13-11-23-46(52)47-24-12-14-26-53(47)56)36-48(50)49-37-44(33-35-51(49)55)57(54-27-15-19-40-18-9-10-22-45(40)54)43-31-28-39(29-32-43)38-16-5-3-6-17-38/h3-37H,1-2H3. The van der Waals surface area contributed by atoms with Crippen LogP contribution in [0.5, 0.6) is 0 Å². The number of rotatable bonds is 6. The maximum Gasteiger partial charge on any atom is 0.0713 e. The van der Waals surface area contributed by atoms with Crippen LogP contribution in [0.15, 0.2) is 212 Å². The largest absolute Gasteiger partial charge is 0.310 e. The van der Waals surface area contributed by atoms with Crippen molar-refractivity contribution >= 4 is 27.8 Å². The van der Waals surface area contributed by atoms with E-state index in [0.29, 0.717) is 0 Å². The molecule has 0 fully saturated rings. The van der Waals surface area contributed by atoms with E-state index in [1.807, 2.05) is 0 Å². The number of hydrogen-bond acceptors (Lipinski definition) is 1. The molecule has 0 amide bonds. The summed E-state index contributed by atoms with van der Waals surface area (Å²) in [6, 6.07) is 78.7. The summed E-state index contributed by atoms with van der Waals surface area (Å²) in [6.45, 7) is 4.77. The van der Waals surface area contributed by atoms with Gasteiger partial charge >= 0.3 is 0 Å². The molecule has 57 heavy (non-hydrogen) atoms. The average Bonchev–Trinajstić information content (AvgIpc) is 3.70. The number of hydrogen-bond donors (Lipinski definition) is 0. The first-order chi connectivity index (χ1) is 28.0. The zero-order valence-electron chi connectivity index (χ0n) is 32.2. The van der Waals surface area contributed by atoms with Crippen LogP contribution in [0.4, 0.5) is 17.1 Å². The summed E-state index contributed by atoms with van der Waals surface area (Å²) in [5.74, 6) is 0. The monoisotopic (exact) mass is 727 g/mol. The van der Waals surface area contributed by atoms with Crippen LogP contribution in [0.1, 0.15) is 47.2 Å². The smallest absolute Gasteiger partial charge is 0.0713 e. The van der Waals surface area contributed by atoms with Gasteiger partial charge in [-0.1, -0.05) is 190 Å². The Morgan fingerprint density at radius 1 is 0.351 bits per heavy atom. The minimum atomic E-state index is -0.455. The lowest BCUT2D eigenvalue weighted by molar-refractivity contribution is 0.659. The first-order valence-electron chi connectivity index (χ1n) is 20.0. The molecule has 0 saturated heterocycles. The van der Waals surface area contributed by atoms with Gasteiger partial charge in [0.15, 0.2) is 0 Å². The summed E-state index contributed by atoms with van der Waals surface area (Å²) in [7, 11) is 0. The summed E-state index contributed by atoms with van der Waals surface area (Å²) < 4.78 is 0. The molecule has 270 valence electrons. The fraction of sp³-hybridized carbons (Fsp3) is 0.0714. The van der Waals surface area contributed by atoms with E-state index < -0.39 is 5.41 Å². The van der Waals surface area contributed by atoms with Crippen molar-refractivity contribution in [2.45, 2.75) is 24.7 Å². The predicted octanol–water partition coefficient (Wildman–Crippen LogP) is 14.6. The third kappa shape index (κ3) is 4.95. The van der Waals surface area contributed by atoms with Crippen molar-refractivity contribution in [2.24, 2.45) is 0 Å². The Kier molecular flexibility index (Phi) is 7.50. The summed E-state index contributed by atoms with van der Waals surface area (Å²) in [5.41, 5.74) is 18.4. The Morgan fingerprint density at radius 3 is 1.61 bits per heavy atom. The SMILES string of the molecule is CC1(C)c2ccc(N(c3ccc(-c4ccccc4)cc3)c3cccc4ccccc34)cc2-c2cc(C3(c4ccccc4)c4ccccc4-c4ccccc43)ccc21. The van der Waals surface area contributed by atoms with Gasteiger partial charge in [-0.15, -0.1) is 0 Å². The molecule has 0 heterocycles. The number of anilines is 3. The topological polar surface area (TPSA) is 3.24 Å². The van der Waals surface area contributed by atoms with E-state index in [1.165, 1.54) is 77.5 Å². The van der Waals surface area contributed by atoms with Gasteiger partial charge in [-0.3, -0.25) is 0 Å². The quantitative estimate of drug-likeness (QED) is 0.165. The van der Waals surface area contributed by atoms with E-state index in [2.05, 4.69) is 231 Å². The third-order valence-electron chi connectivity index (χ3n) is 12.8. The van der Waals surface area contributed by atoms with Crippen molar-refractivity contribution in [1.29, 1.82) is 0 Å². The zero-order chi connectivity index (χ0) is 38.1. The third-order valence-corrected chi connectivity index (χ3v) is 12.8. The molecule has 0 saturated carbocycles. The molecule has 0 bridgehead atoms. The lowest BCUT2D eigenvalue weighted by Gasteiger charge is -2.34. The highest BCUT2D eigenvalue weighted by molar-refractivity contribution is 6.00. The van der Waals surface area contributed by atoms with Gasteiger partial charge in [0, 0.05) is 22.2 Å². The Hall–Kier alpha value is -6.96. The fourth-order valence-electron chi connectivity index (χ4n) is 10.1. The van der Waals surface area contributed by atoms with Gasteiger partial charge in [0.1, 0.15) is 0 Å². The van der Waals surface area contributed by atoms with E-state index in [-0.39, 0.29) is 5.41 Å². The molecule has 2 aliphatic carbocycles. The highest BCUT2D eigenvalue weighted by atomic mass is 15.1. The maximum atomic E-state index is 2.52. The van der Waals surface area contributed by atoms with Gasteiger partial charge in [0.05, 0.1) is 11.1 Å². The number of nitrogens with zero attached hydrogens (tertiary/aromatic N) is 1. The fourth-order valence-corrected chi connectivity index (χ4v) is 10.1. The van der Waals surface area contributed by atoms with Gasteiger partial charge in [0.25, 0.3) is 0 Å². The van der Waals surface area contributed by atoms with Crippen LogP contribution in [0.25, 0.3) is 44.2 Å². The molecule has 0 atom stereocenters. The van der Waals surface area contributed by atoms with E-state index in [9.17, 15) is 0 Å². The van der Waals surface area contributed by atoms with E-state index in [1.54, 1.807) is 0 Å². The normalized spacial score (nSPS) is 14.1. The van der Waals surface area contributed by atoms with Crippen LogP contribution in [0, 0.1) is 0 Å². The molecule has 0 unspecified atom stereocenters. The number of benzene rings is 9. The number of fused-ring (bicyclic) bond motifs is 7. The summed E-state index contributed by atoms with van der Waals surface area (Å²) in [5, 5.41) is 2.44. The molecule has 1 heteroatoms. The Morgan fingerprint density at radius 2 is 0.895 bits per heavy atom. The molecule has 9 aromatic carbocycles. The van der Waals surface area contributed by atoms with E-state index in [4.69, 9.17) is 0 Å². The van der Waals surface area contributed by atoms with Crippen molar-refractivity contribution in [1.82, 2.24) is 0 Å². The lowest BCUT2D eigenvalue weighted by atomic mass is 9.67. The summed E-state index contributed by atoms with van der Waals surface area (Å²) in [6.07, 6.45) is 0. The molecule has 0 aromatic heterocycles. The van der Waals surface area contributed by atoms with Crippen molar-refractivity contribution < 1.29 is 0 Å². The van der Waals surface area contributed by atoms with Gasteiger partial charge in [-0.05, 0) is 109 Å². The van der Waals surface area contributed by atoms with Gasteiger partial charge in [-0.2, -0.15) is 0 Å². The molecule has 0 N–H and O–H groups in total. The molecular weight excluding hydrogens is 687 g/mol. The molecule has 2 aliphatic rings. The van der Waals surface area contributed by atoms with Gasteiger partial charge < -0.3 is 4.90 Å². The van der Waals surface area contributed by atoms with Crippen LogP contribution in [-0.4, -0.2) is 0 Å². The molecule has 0 aliphatic heterocycles. The van der Waals surface area contributed by atoms with E-state index in [0.717, 1.165) is 17.1 Å². The minimum absolute atomic E-state index is 0.158. The molecule has 9 aromatic rings. The Labute approximate surface area is 335 Å². The zero-order valence-corrected chi connectivity index (χ0v) is 32.2. The lowest BCUT2D eigenvalue weighted by Crippen LogP contribution is -2.28. The highest BCUT2D eigenvalue weighted by Gasteiger charge is 2.47. The summed E-state index contributed by atoms with van der Waals surface area (Å²) >= 11 is 0. The summed E-state index contributed by atoms with van der Waals surface area (Å²) in [4.78, 5) is 2.45. The Bertz CT molecular complexity index is 2920. The highest BCUT2D eigenvalue weighted by Crippen LogP contribution is 2.58. The average molecular weight is 728 g/mol. The minimum Gasteiger partial charge on any atom is -0.310 e. The molecular formula is C56H41N. The van der Waals surface area contributed by atoms with Crippen molar-refractivity contribution in [3.63, 3.8) is 0 Å². The first-order valence-corrected chi connectivity index (χ1v) is 20.0. The second kappa shape index (κ2) is 12.8. The predicted molar refractivity (Wildman–Crippen MR) is 239 cm³/mol. The first kappa shape index (κ1) is 33.4.